The molecule has 1 aliphatic rings. The number of hydrogen-bond donors (Lipinski definition) is 1. The lowest BCUT2D eigenvalue weighted by atomic mass is 10.1. The summed E-state index contributed by atoms with van der Waals surface area (Å²) in [5, 5.41) is 3.52. The SMILES string of the molecule is CCN(CC)C(=O)CCNC1CCc2ccc(OC)cc21. The number of benzene rings is 1. The Balaban J connectivity index is 1.88. The number of nitrogens with one attached hydrogen (secondary N) is 1. The van der Waals surface area contributed by atoms with E-state index in [1.54, 1.807) is 7.11 Å². The third-order valence-electron chi connectivity index (χ3n) is 4.28. The third kappa shape index (κ3) is 3.76. The first-order valence-corrected chi connectivity index (χ1v) is 7.87. The van der Waals surface area contributed by atoms with E-state index in [1.807, 2.05) is 24.8 Å². The lowest BCUT2D eigenvalue weighted by Crippen LogP contribution is -2.33. The Hall–Kier alpha value is -1.55. The standard InChI is InChI=1S/C17H26N2O2/c1-4-19(5-2)17(20)10-11-18-16-9-7-13-6-8-14(21-3)12-15(13)16/h6,8,12,16,18H,4-5,7,9-11H2,1-3H3. The van der Waals surface area contributed by atoms with Crippen molar-refractivity contribution in [2.75, 3.05) is 26.7 Å². The van der Waals surface area contributed by atoms with Gasteiger partial charge in [-0.1, -0.05) is 6.07 Å². The Bertz CT molecular complexity index is 484. The van der Waals surface area contributed by atoms with Gasteiger partial charge in [-0.3, -0.25) is 4.79 Å². The van der Waals surface area contributed by atoms with Crippen molar-refractivity contribution in [3.8, 4) is 5.75 Å². The minimum atomic E-state index is 0.233. The lowest BCUT2D eigenvalue weighted by molar-refractivity contribution is -0.130. The molecule has 0 heterocycles. The molecule has 1 atom stereocenters. The lowest BCUT2D eigenvalue weighted by Gasteiger charge is -2.20. The Morgan fingerprint density at radius 1 is 1.38 bits per heavy atom. The van der Waals surface area contributed by atoms with E-state index in [0.717, 1.165) is 38.2 Å². The van der Waals surface area contributed by atoms with Crippen LogP contribution in [0.25, 0.3) is 0 Å². The van der Waals surface area contributed by atoms with Gasteiger partial charge in [-0.25, -0.2) is 0 Å². The second-order valence-electron chi connectivity index (χ2n) is 5.43. The van der Waals surface area contributed by atoms with Gasteiger partial charge in [0, 0.05) is 32.1 Å². The van der Waals surface area contributed by atoms with Gasteiger partial charge >= 0.3 is 0 Å². The zero-order valence-electron chi connectivity index (χ0n) is 13.3. The molecule has 1 unspecified atom stereocenters. The fraction of sp³-hybridized carbons (Fsp3) is 0.588. The molecule has 0 aromatic heterocycles. The maximum Gasteiger partial charge on any atom is 0.223 e. The summed E-state index contributed by atoms with van der Waals surface area (Å²) in [5.41, 5.74) is 2.72. The Labute approximate surface area is 127 Å². The van der Waals surface area contributed by atoms with Crippen molar-refractivity contribution in [1.82, 2.24) is 10.2 Å². The Kier molecular flexibility index (Phi) is 5.62. The van der Waals surface area contributed by atoms with Crippen LogP contribution in [0.3, 0.4) is 0 Å². The van der Waals surface area contributed by atoms with Crippen molar-refractivity contribution in [3.63, 3.8) is 0 Å². The van der Waals surface area contributed by atoms with Crippen molar-refractivity contribution in [3.05, 3.63) is 29.3 Å². The summed E-state index contributed by atoms with van der Waals surface area (Å²) in [5.74, 6) is 1.14. The fourth-order valence-corrected chi connectivity index (χ4v) is 3.01. The molecule has 2 rings (SSSR count). The second kappa shape index (κ2) is 7.46. The molecule has 116 valence electrons. The minimum absolute atomic E-state index is 0.233. The molecular weight excluding hydrogens is 264 g/mol. The fourth-order valence-electron chi connectivity index (χ4n) is 3.01. The maximum absolute atomic E-state index is 12.0. The molecule has 1 amide bonds. The first-order chi connectivity index (χ1) is 10.2. The molecule has 1 N–H and O–H groups in total. The van der Waals surface area contributed by atoms with Crippen molar-refractivity contribution >= 4 is 5.91 Å². The summed E-state index contributed by atoms with van der Waals surface area (Å²) < 4.78 is 5.30. The van der Waals surface area contributed by atoms with Gasteiger partial charge in [0.05, 0.1) is 7.11 Å². The van der Waals surface area contributed by atoms with E-state index >= 15 is 0 Å². The largest absolute Gasteiger partial charge is 0.497 e. The molecular formula is C17H26N2O2. The Morgan fingerprint density at radius 2 is 2.14 bits per heavy atom. The van der Waals surface area contributed by atoms with Crippen molar-refractivity contribution in [2.45, 2.75) is 39.2 Å². The number of rotatable bonds is 7. The number of nitrogens with zero attached hydrogens (tertiary/aromatic N) is 1. The summed E-state index contributed by atoms with van der Waals surface area (Å²) in [6, 6.07) is 6.63. The molecule has 21 heavy (non-hydrogen) atoms. The molecule has 0 fully saturated rings. The van der Waals surface area contributed by atoms with Crippen LogP contribution in [0, 0.1) is 0 Å². The summed E-state index contributed by atoms with van der Waals surface area (Å²) in [7, 11) is 1.70. The molecule has 0 saturated carbocycles. The van der Waals surface area contributed by atoms with Crippen LogP contribution in [0.15, 0.2) is 18.2 Å². The van der Waals surface area contributed by atoms with Gasteiger partial charge in [-0.15, -0.1) is 0 Å². The van der Waals surface area contributed by atoms with Crippen LogP contribution < -0.4 is 10.1 Å². The van der Waals surface area contributed by atoms with Crippen molar-refractivity contribution in [2.24, 2.45) is 0 Å². The molecule has 1 aromatic rings. The van der Waals surface area contributed by atoms with Crippen LogP contribution in [0.2, 0.25) is 0 Å². The van der Waals surface area contributed by atoms with E-state index in [4.69, 9.17) is 4.74 Å². The number of amides is 1. The van der Waals surface area contributed by atoms with Crippen molar-refractivity contribution in [1.29, 1.82) is 0 Å². The number of methoxy groups -OCH3 is 1. The molecule has 0 radical (unpaired) electrons. The topological polar surface area (TPSA) is 41.6 Å². The molecule has 0 bridgehead atoms. The summed E-state index contributed by atoms with van der Waals surface area (Å²) in [6.45, 7) is 6.36. The highest BCUT2D eigenvalue weighted by atomic mass is 16.5. The third-order valence-corrected chi connectivity index (χ3v) is 4.28. The average Bonchev–Trinajstić information content (AvgIpc) is 2.91. The number of carbonyl (C=O) groups is 1. The summed E-state index contributed by atoms with van der Waals surface area (Å²) >= 11 is 0. The molecule has 4 heteroatoms. The van der Waals surface area contributed by atoms with Gasteiger partial charge in [0.2, 0.25) is 5.91 Å². The molecule has 0 saturated heterocycles. The van der Waals surface area contributed by atoms with E-state index in [2.05, 4.69) is 17.4 Å². The molecule has 0 aliphatic heterocycles. The highest BCUT2D eigenvalue weighted by molar-refractivity contribution is 5.76. The van der Waals surface area contributed by atoms with Gasteiger partial charge in [-0.05, 0) is 49.9 Å². The quantitative estimate of drug-likeness (QED) is 0.839. The maximum atomic E-state index is 12.0. The molecule has 0 spiro atoms. The zero-order chi connectivity index (χ0) is 15.2. The van der Waals surface area contributed by atoms with Gasteiger partial charge < -0.3 is 15.0 Å². The smallest absolute Gasteiger partial charge is 0.223 e. The minimum Gasteiger partial charge on any atom is -0.497 e. The van der Waals surface area contributed by atoms with E-state index in [1.165, 1.54) is 11.1 Å². The van der Waals surface area contributed by atoms with Crippen LogP contribution in [-0.4, -0.2) is 37.6 Å². The van der Waals surface area contributed by atoms with E-state index in [-0.39, 0.29) is 5.91 Å². The number of hydrogen-bond acceptors (Lipinski definition) is 3. The highest BCUT2D eigenvalue weighted by Gasteiger charge is 2.22. The van der Waals surface area contributed by atoms with Gasteiger partial charge in [0.1, 0.15) is 5.75 Å². The van der Waals surface area contributed by atoms with Crippen LogP contribution in [0.1, 0.15) is 43.9 Å². The highest BCUT2D eigenvalue weighted by Crippen LogP contribution is 2.33. The van der Waals surface area contributed by atoms with E-state index in [9.17, 15) is 4.79 Å². The number of fused-ring (bicyclic) bond motifs is 1. The molecule has 1 aliphatic carbocycles. The molecule has 4 nitrogen and oxygen atoms in total. The average molecular weight is 290 g/mol. The first-order valence-electron chi connectivity index (χ1n) is 7.87. The second-order valence-corrected chi connectivity index (χ2v) is 5.43. The first kappa shape index (κ1) is 15.8. The number of ether oxygens (including phenoxy) is 1. The zero-order valence-corrected chi connectivity index (χ0v) is 13.3. The number of aryl methyl sites for hydroxylation is 1. The predicted molar refractivity (Wildman–Crippen MR) is 84.6 cm³/mol. The van der Waals surface area contributed by atoms with Crippen molar-refractivity contribution < 1.29 is 9.53 Å². The van der Waals surface area contributed by atoms with Gasteiger partial charge in [-0.2, -0.15) is 0 Å². The van der Waals surface area contributed by atoms with Gasteiger partial charge in [0.25, 0.3) is 0 Å². The number of carbonyl (C=O) groups excluding carboxylic acids is 1. The van der Waals surface area contributed by atoms with Crippen LogP contribution in [-0.2, 0) is 11.2 Å². The monoisotopic (exact) mass is 290 g/mol. The van der Waals surface area contributed by atoms with Crippen LogP contribution in [0.4, 0.5) is 0 Å². The summed E-state index contributed by atoms with van der Waals surface area (Å²) in [4.78, 5) is 13.9. The van der Waals surface area contributed by atoms with Crippen LogP contribution in [0.5, 0.6) is 5.75 Å². The van der Waals surface area contributed by atoms with E-state index in [0.29, 0.717) is 12.5 Å². The normalized spacial score (nSPS) is 16.6. The van der Waals surface area contributed by atoms with Crippen LogP contribution >= 0.6 is 0 Å². The van der Waals surface area contributed by atoms with Gasteiger partial charge in [0.15, 0.2) is 0 Å². The molecule has 1 aromatic carbocycles. The Morgan fingerprint density at radius 3 is 2.81 bits per heavy atom. The predicted octanol–water partition coefficient (Wildman–Crippen LogP) is 2.53. The summed E-state index contributed by atoms with van der Waals surface area (Å²) in [6.07, 6.45) is 2.76. The van der Waals surface area contributed by atoms with E-state index < -0.39 is 0 Å².